The zero-order valence-electron chi connectivity index (χ0n) is 8.62. The average molecular weight is 215 g/mol. The minimum Gasteiger partial charge on any atom is -0.258 e. The van der Waals surface area contributed by atoms with Crippen molar-refractivity contribution in [1.82, 2.24) is 9.97 Å². The topological polar surface area (TPSA) is 68.9 Å². The SMILES string of the molecule is Cc1cnc(-c2cccc([N+](=O)[O-])c2)cn1. The van der Waals surface area contributed by atoms with Crippen molar-refractivity contribution in [2.24, 2.45) is 0 Å². The van der Waals surface area contributed by atoms with Crippen LogP contribution in [0.1, 0.15) is 5.69 Å². The van der Waals surface area contributed by atoms with E-state index >= 15 is 0 Å². The molecule has 1 heterocycles. The van der Waals surface area contributed by atoms with Crippen LogP contribution in [0.25, 0.3) is 11.3 Å². The normalized spacial score (nSPS) is 10.1. The fourth-order valence-corrected chi connectivity index (χ4v) is 1.32. The molecule has 1 aromatic heterocycles. The largest absolute Gasteiger partial charge is 0.270 e. The summed E-state index contributed by atoms with van der Waals surface area (Å²) in [5.74, 6) is 0. The Morgan fingerprint density at radius 1 is 1.25 bits per heavy atom. The maximum Gasteiger partial charge on any atom is 0.270 e. The molecule has 0 spiro atoms. The van der Waals surface area contributed by atoms with Gasteiger partial charge in [-0.2, -0.15) is 0 Å². The van der Waals surface area contributed by atoms with E-state index in [1.165, 1.54) is 12.1 Å². The number of hydrogen-bond donors (Lipinski definition) is 0. The molecule has 2 aromatic rings. The van der Waals surface area contributed by atoms with Crippen LogP contribution in [0.15, 0.2) is 36.7 Å². The van der Waals surface area contributed by atoms with Crippen molar-refractivity contribution in [3.63, 3.8) is 0 Å². The highest BCUT2D eigenvalue weighted by Gasteiger charge is 2.07. The van der Waals surface area contributed by atoms with E-state index in [9.17, 15) is 10.1 Å². The highest BCUT2D eigenvalue weighted by molar-refractivity contribution is 5.61. The van der Waals surface area contributed by atoms with Gasteiger partial charge in [0.05, 0.1) is 22.5 Å². The molecule has 16 heavy (non-hydrogen) atoms. The lowest BCUT2D eigenvalue weighted by Gasteiger charge is -2.00. The van der Waals surface area contributed by atoms with E-state index in [1.807, 2.05) is 6.92 Å². The van der Waals surface area contributed by atoms with Gasteiger partial charge in [0.15, 0.2) is 0 Å². The molecule has 0 amide bonds. The smallest absolute Gasteiger partial charge is 0.258 e. The van der Waals surface area contributed by atoms with Crippen LogP contribution in [0.5, 0.6) is 0 Å². The van der Waals surface area contributed by atoms with Gasteiger partial charge in [-0.1, -0.05) is 12.1 Å². The molecule has 0 unspecified atom stereocenters. The third kappa shape index (κ3) is 2.03. The van der Waals surface area contributed by atoms with Crippen LogP contribution >= 0.6 is 0 Å². The highest BCUT2D eigenvalue weighted by Crippen LogP contribution is 2.21. The molecule has 0 aliphatic heterocycles. The van der Waals surface area contributed by atoms with Crippen molar-refractivity contribution in [3.05, 3.63) is 52.5 Å². The first-order valence-electron chi connectivity index (χ1n) is 4.70. The van der Waals surface area contributed by atoms with Crippen molar-refractivity contribution in [1.29, 1.82) is 0 Å². The Bertz CT molecular complexity index is 523. The van der Waals surface area contributed by atoms with Gasteiger partial charge in [0.2, 0.25) is 0 Å². The lowest BCUT2D eigenvalue weighted by Crippen LogP contribution is -1.90. The van der Waals surface area contributed by atoms with Crippen LogP contribution in [-0.2, 0) is 0 Å². The second kappa shape index (κ2) is 4.06. The van der Waals surface area contributed by atoms with Crippen LogP contribution in [0, 0.1) is 17.0 Å². The fraction of sp³-hybridized carbons (Fsp3) is 0.0909. The van der Waals surface area contributed by atoms with E-state index in [4.69, 9.17) is 0 Å². The predicted octanol–water partition coefficient (Wildman–Crippen LogP) is 2.36. The summed E-state index contributed by atoms with van der Waals surface area (Å²) in [5.41, 5.74) is 2.20. The van der Waals surface area contributed by atoms with Crippen molar-refractivity contribution < 1.29 is 4.92 Å². The van der Waals surface area contributed by atoms with E-state index in [1.54, 1.807) is 24.5 Å². The number of non-ortho nitro benzene ring substituents is 1. The summed E-state index contributed by atoms with van der Waals surface area (Å²) in [6, 6.07) is 6.34. The molecule has 0 bridgehead atoms. The Morgan fingerprint density at radius 2 is 2.06 bits per heavy atom. The summed E-state index contributed by atoms with van der Waals surface area (Å²) in [4.78, 5) is 18.4. The van der Waals surface area contributed by atoms with Gasteiger partial charge in [-0.3, -0.25) is 20.1 Å². The summed E-state index contributed by atoms with van der Waals surface area (Å²) >= 11 is 0. The molecule has 5 heteroatoms. The summed E-state index contributed by atoms with van der Waals surface area (Å²) in [7, 11) is 0. The number of hydrogen-bond acceptors (Lipinski definition) is 4. The highest BCUT2D eigenvalue weighted by atomic mass is 16.6. The van der Waals surface area contributed by atoms with Crippen LogP contribution < -0.4 is 0 Å². The van der Waals surface area contributed by atoms with Gasteiger partial charge in [0, 0.05) is 23.9 Å². The van der Waals surface area contributed by atoms with E-state index < -0.39 is 4.92 Å². The van der Waals surface area contributed by atoms with Crippen LogP contribution in [0.4, 0.5) is 5.69 Å². The van der Waals surface area contributed by atoms with Gasteiger partial charge >= 0.3 is 0 Å². The molecule has 0 N–H and O–H groups in total. The second-order valence-corrected chi connectivity index (χ2v) is 3.35. The van der Waals surface area contributed by atoms with Crippen molar-refractivity contribution >= 4 is 5.69 Å². The maximum absolute atomic E-state index is 10.6. The van der Waals surface area contributed by atoms with Crippen molar-refractivity contribution in [3.8, 4) is 11.3 Å². The molecular formula is C11H9N3O2. The monoisotopic (exact) mass is 215 g/mol. The Morgan fingerprint density at radius 3 is 2.69 bits per heavy atom. The van der Waals surface area contributed by atoms with Gasteiger partial charge in [0.25, 0.3) is 5.69 Å². The molecule has 0 saturated carbocycles. The lowest BCUT2D eigenvalue weighted by molar-refractivity contribution is -0.384. The molecule has 0 aliphatic carbocycles. The molecule has 0 radical (unpaired) electrons. The average Bonchev–Trinajstić information content (AvgIpc) is 2.30. The van der Waals surface area contributed by atoms with Crippen LogP contribution in [-0.4, -0.2) is 14.9 Å². The summed E-state index contributed by atoms with van der Waals surface area (Å²) < 4.78 is 0. The van der Waals surface area contributed by atoms with Crippen molar-refractivity contribution in [2.75, 3.05) is 0 Å². The first-order valence-corrected chi connectivity index (χ1v) is 4.70. The van der Waals surface area contributed by atoms with Gasteiger partial charge < -0.3 is 0 Å². The summed E-state index contributed by atoms with van der Waals surface area (Å²) in [6.45, 7) is 1.84. The standard InChI is InChI=1S/C11H9N3O2/c1-8-6-13-11(7-12-8)9-3-2-4-10(5-9)14(15)16/h2-7H,1H3. The second-order valence-electron chi connectivity index (χ2n) is 3.35. The molecule has 0 saturated heterocycles. The van der Waals surface area contributed by atoms with Gasteiger partial charge in [-0.25, -0.2) is 0 Å². The van der Waals surface area contributed by atoms with Crippen LogP contribution in [0.2, 0.25) is 0 Å². The van der Waals surface area contributed by atoms with Gasteiger partial charge in [-0.15, -0.1) is 0 Å². The summed E-state index contributed by atoms with van der Waals surface area (Å²) in [6.07, 6.45) is 3.24. The minimum atomic E-state index is -0.425. The molecule has 80 valence electrons. The summed E-state index contributed by atoms with van der Waals surface area (Å²) in [5, 5.41) is 10.6. The van der Waals surface area contributed by atoms with Crippen molar-refractivity contribution in [2.45, 2.75) is 6.92 Å². The van der Waals surface area contributed by atoms with Gasteiger partial charge in [0.1, 0.15) is 0 Å². The zero-order chi connectivity index (χ0) is 11.5. The molecule has 1 aromatic carbocycles. The lowest BCUT2D eigenvalue weighted by atomic mass is 10.1. The van der Waals surface area contributed by atoms with E-state index in [0.717, 1.165) is 5.69 Å². The fourth-order valence-electron chi connectivity index (χ4n) is 1.32. The Balaban J connectivity index is 2.44. The Kier molecular flexibility index (Phi) is 2.59. The first kappa shape index (κ1) is 10.2. The predicted molar refractivity (Wildman–Crippen MR) is 58.9 cm³/mol. The third-order valence-corrected chi connectivity index (χ3v) is 2.13. The van der Waals surface area contributed by atoms with E-state index in [0.29, 0.717) is 11.3 Å². The van der Waals surface area contributed by atoms with Crippen LogP contribution in [0.3, 0.4) is 0 Å². The number of aromatic nitrogens is 2. The maximum atomic E-state index is 10.6. The Hall–Kier alpha value is -2.30. The van der Waals surface area contributed by atoms with Gasteiger partial charge in [-0.05, 0) is 6.92 Å². The quantitative estimate of drug-likeness (QED) is 0.569. The molecular weight excluding hydrogens is 206 g/mol. The van der Waals surface area contributed by atoms with E-state index in [-0.39, 0.29) is 5.69 Å². The molecule has 5 nitrogen and oxygen atoms in total. The number of rotatable bonds is 2. The Labute approximate surface area is 91.9 Å². The molecule has 0 atom stereocenters. The number of nitrogens with zero attached hydrogens (tertiary/aromatic N) is 3. The number of nitro groups is 1. The number of benzene rings is 1. The first-order chi connectivity index (χ1) is 7.66. The number of nitro benzene ring substituents is 1. The third-order valence-electron chi connectivity index (χ3n) is 2.13. The zero-order valence-corrected chi connectivity index (χ0v) is 8.62. The molecule has 0 aliphatic rings. The molecule has 2 rings (SSSR count). The number of aryl methyl sites for hydroxylation is 1. The molecule has 0 fully saturated rings. The minimum absolute atomic E-state index is 0.0554. The van der Waals surface area contributed by atoms with E-state index in [2.05, 4.69) is 9.97 Å².